The van der Waals surface area contributed by atoms with Crippen LogP contribution in [0.25, 0.3) is 21.6 Å². The van der Waals surface area contributed by atoms with E-state index in [0.29, 0.717) is 24.3 Å². The van der Waals surface area contributed by atoms with E-state index in [2.05, 4.69) is 57.5 Å². The Bertz CT molecular complexity index is 1550. The van der Waals surface area contributed by atoms with Gasteiger partial charge >= 0.3 is 0 Å². The zero-order chi connectivity index (χ0) is 30.1. The average Bonchev–Trinajstić information content (AvgIpc) is 3.67. The van der Waals surface area contributed by atoms with Gasteiger partial charge in [-0.1, -0.05) is 52.0 Å². The zero-order valence-electron chi connectivity index (χ0n) is 25.1. The van der Waals surface area contributed by atoms with E-state index in [1.54, 1.807) is 11.3 Å². The Hall–Kier alpha value is -3.92. The van der Waals surface area contributed by atoms with E-state index < -0.39 is 18.1 Å². The third kappa shape index (κ3) is 5.86. The summed E-state index contributed by atoms with van der Waals surface area (Å²) in [6.07, 6.45) is -0.122. The summed E-state index contributed by atoms with van der Waals surface area (Å²) in [5.74, 6) is -0.0412. The summed E-state index contributed by atoms with van der Waals surface area (Å²) in [5, 5.41) is 4.07. The number of nitrogens with zero attached hydrogens (tertiary/aromatic N) is 4. The van der Waals surface area contributed by atoms with E-state index in [9.17, 15) is 9.59 Å². The molecule has 3 N–H and O–H groups in total. The molecular weight excluding hydrogens is 548 g/mol. The minimum absolute atomic E-state index is 0.0545. The van der Waals surface area contributed by atoms with Crippen molar-refractivity contribution in [1.82, 2.24) is 19.4 Å². The molecular formula is C32H40N6O3S. The Morgan fingerprint density at radius 1 is 1.02 bits per heavy atom. The summed E-state index contributed by atoms with van der Waals surface area (Å²) in [6.45, 7) is 13.2. The molecule has 0 radical (unpaired) electrons. The maximum atomic E-state index is 13.1. The average molecular weight is 589 g/mol. The number of anilines is 1. The van der Waals surface area contributed by atoms with Crippen molar-refractivity contribution >= 4 is 39.9 Å². The van der Waals surface area contributed by atoms with Gasteiger partial charge in [-0.3, -0.25) is 14.2 Å². The highest BCUT2D eigenvalue weighted by Crippen LogP contribution is 2.40. The van der Waals surface area contributed by atoms with Crippen molar-refractivity contribution in [3.05, 3.63) is 59.1 Å². The molecule has 42 heavy (non-hydrogen) atoms. The molecule has 222 valence electrons. The summed E-state index contributed by atoms with van der Waals surface area (Å²) < 4.78 is 8.55. The largest absolute Gasteiger partial charge is 0.459 e. The first-order valence-electron chi connectivity index (χ1n) is 14.6. The van der Waals surface area contributed by atoms with Gasteiger partial charge in [0.15, 0.2) is 0 Å². The minimum Gasteiger partial charge on any atom is -0.459 e. The van der Waals surface area contributed by atoms with Crippen LogP contribution in [0.4, 0.5) is 5.69 Å². The van der Waals surface area contributed by atoms with Crippen molar-refractivity contribution in [2.45, 2.75) is 78.0 Å². The Balaban J connectivity index is 1.43. The first-order valence-corrected chi connectivity index (χ1v) is 15.4. The molecule has 1 fully saturated rings. The highest BCUT2D eigenvalue weighted by molar-refractivity contribution is 7.15. The number of nitrogens with one attached hydrogen (secondary N) is 1. The molecule has 3 heterocycles. The van der Waals surface area contributed by atoms with Crippen LogP contribution in [0.2, 0.25) is 0 Å². The number of benzene rings is 2. The highest BCUT2D eigenvalue weighted by atomic mass is 32.1. The number of fused-ring (bicyclic) bond motifs is 1. The van der Waals surface area contributed by atoms with Gasteiger partial charge in [0.2, 0.25) is 11.8 Å². The van der Waals surface area contributed by atoms with Crippen LogP contribution in [0.1, 0.15) is 76.4 Å². The number of imidazole rings is 1. The normalized spacial score (nSPS) is 17.1. The topological polar surface area (TPSA) is 115 Å². The second kappa shape index (κ2) is 12.1. The Kier molecular flexibility index (Phi) is 8.54. The molecule has 4 aromatic rings. The number of ether oxygens (including phenoxy) is 1. The number of hydrogen-bond donors (Lipinski definition) is 2. The third-order valence-corrected chi connectivity index (χ3v) is 8.99. The Labute approximate surface area is 251 Å². The molecule has 1 aliphatic heterocycles. The lowest BCUT2D eigenvalue weighted by Gasteiger charge is -2.22. The van der Waals surface area contributed by atoms with Crippen LogP contribution >= 0.6 is 11.3 Å². The van der Waals surface area contributed by atoms with Gasteiger partial charge in [0.25, 0.3) is 6.01 Å². The van der Waals surface area contributed by atoms with Crippen LogP contribution in [0.15, 0.2) is 48.5 Å². The fourth-order valence-electron chi connectivity index (χ4n) is 5.55. The number of carbonyl (C=O) groups excluding carboxylic acids is 2. The predicted molar refractivity (Wildman–Crippen MR) is 168 cm³/mol. The second-order valence-electron chi connectivity index (χ2n) is 11.8. The fraction of sp³-hybridized carbons (Fsp3) is 0.438. The third-order valence-electron chi connectivity index (χ3n) is 7.59. The first-order chi connectivity index (χ1) is 20.0. The first kappa shape index (κ1) is 29.6. The van der Waals surface area contributed by atoms with Gasteiger partial charge in [0.1, 0.15) is 22.7 Å². The summed E-state index contributed by atoms with van der Waals surface area (Å²) in [6, 6.07) is 15.4. The van der Waals surface area contributed by atoms with Crippen LogP contribution < -0.4 is 15.8 Å². The molecule has 10 heteroatoms. The molecule has 2 amide bonds. The van der Waals surface area contributed by atoms with Crippen molar-refractivity contribution in [3.63, 3.8) is 0 Å². The molecule has 2 atom stereocenters. The van der Waals surface area contributed by atoms with Gasteiger partial charge in [0, 0.05) is 28.6 Å². The molecule has 2 unspecified atom stereocenters. The summed E-state index contributed by atoms with van der Waals surface area (Å²) in [5.41, 5.74) is 10.4. The van der Waals surface area contributed by atoms with Crippen molar-refractivity contribution in [2.24, 2.45) is 5.73 Å². The van der Waals surface area contributed by atoms with Crippen molar-refractivity contribution < 1.29 is 14.3 Å². The van der Waals surface area contributed by atoms with E-state index in [-0.39, 0.29) is 25.0 Å². The van der Waals surface area contributed by atoms with Gasteiger partial charge in [-0.15, -0.1) is 11.3 Å². The van der Waals surface area contributed by atoms with Crippen LogP contribution in [0.5, 0.6) is 6.01 Å². The molecule has 0 bridgehead atoms. The maximum Gasteiger partial charge on any atom is 0.297 e. The number of thiazole rings is 1. The molecule has 0 saturated carbocycles. The molecule has 1 aliphatic rings. The summed E-state index contributed by atoms with van der Waals surface area (Å²) in [7, 11) is 0. The quantitative estimate of drug-likeness (QED) is 0.237. The number of likely N-dealkylation sites (tertiary alicyclic amines) is 1. The van der Waals surface area contributed by atoms with Crippen molar-refractivity contribution in [2.75, 3.05) is 18.4 Å². The lowest BCUT2D eigenvalue weighted by atomic mass is 10.0. The molecule has 5 rings (SSSR count). The van der Waals surface area contributed by atoms with Gasteiger partial charge in [-0.05, 0) is 49.9 Å². The van der Waals surface area contributed by atoms with E-state index >= 15 is 0 Å². The molecule has 1 saturated heterocycles. The second-order valence-corrected chi connectivity index (χ2v) is 12.8. The minimum atomic E-state index is -0.744. The number of primary amides is 1. The molecule has 0 spiro atoms. The Morgan fingerprint density at radius 2 is 1.76 bits per heavy atom. The highest BCUT2D eigenvalue weighted by Gasteiger charge is 2.40. The van der Waals surface area contributed by atoms with E-state index in [0.717, 1.165) is 33.0 Å². The van der Waals surface area contributed by atoms with Gasteiger partial charge in [-0.25, -0.2) is 4.98 Å². The molecule has 9 nitrogen and oxygen atoms in total. The van der Waals surface area contributed by atoms with Crippen LogP contribution in [0, 0.1) is 0 Å². The number of carbonyl (C=O) groups is 2. The summed E-state index contributed by atoms with van der Waals surface area (Å²) >= 11 is 1.73. The smallest absolute Gasteiger partial charge is 0.297 e. The lowest BCUT2D eigenvalue weighted by molar-refractivity contribution is -0.135. The molecule has 0 aliphatic carbocycles. The van der Waals surface area contributed by atoms with Crippen molar-refractivity contribution in [1.29, 1.82) is 0 Å². The number of aromatic nitrogens is 3. The van der Waals surface area contributed by atoms with E-state index in [4.69, 9.17) is 20.4 Å². The van der Waals surface area contributed by atoms with Crippen LogP contribution in [-0.2, 0) is 9.59 Å². The standard InChI is InChI=1S/C32H40N6O3S/c1-18(2)27-29(19(3)4)42-31(35-27)23-13-10-14-24-28(23)36-32(38(24)20(5)6)41-22-15-25(30(33)40)37(17-22)26(39)16-34-21-11-8-7-9-12-21/h7-14,18-20,22,25,34H,15-17H2,1-6H3,(H2,33,40). The number of hydrogen-bond acceptors (Lipinski definition) is 7. The van der Waals surface area contributed by atoms with Gasteiger partial charge in [0.05, 0.1) is 24.3 Å². The monoisotopic (exact) mass is 588 g/mol. The SMILES string of the molecule is CC(C)c1nc(-c2cccc3c2nc(OC2CC(C(N)=O)N(C(=O)CNc4ccccc4)C2)n3C(C)C)sc1C(C)C. The van der Waals surface area contributed by atoms with Gasteiger partial charge < -0.3 is 20.7 Å². The fourth-order valence-corrected chi connectivity index (χ4v) is 6.80. The number of amides is 2. The molecule has 2 aromatic carbocycles. The maximum absolute atomic E-state index is 13.1. The number of nitrogens with two attached hydrogens (primary N) is 1. The van der Waals surface area contributed by atoms with E-state index in [1.807, 2.05) is 42.5 Å². The predicted octanol–water partition coefficient (Wildman–Crippen LogP) is 5.93. The van der Waals surface area contributed by atoms with Gasteiger partial charge in [-0.2, -0.15) is 4.98 Å². The van der Waals surface area contributed by atoms with E-state index in [1.165, 1.54) is 9.78 Å². The van der Waals surface area contributed by atoms with Crippen molar-refractivity contribution in [3.8, 4) is 16.6 Å². The lowest BCUT2D eigenvalue weighted by Crippen LogP contribution is -2.45. The molecule has 2 aromatic heterocycles. The number of para-hydroxylation sites is 2. The summed E-state index contributed by atoms with van der Waals surface area (Å²) in [4.78, 5) is 38.4. The number of rotatable bonds is 10. The zero-order valence-corrected chi connectivity index (χ0v) is 25.9. The Morgan fingerprint density at radius 3 is 2.38 bits per heavy atom. The van der Waals surface area contributed by atoms with Crippen LogP contribution in [0.3, 0.4) is 0 Å². The van der Waals surface area contributed by atoms with Crippen LogP contribution in [-0.4, -0.2) is 56.5 Å².